The van der Waals surface area contributed by atoms with E-state index in [0.717, 1.165) is 31.0 Å². The summed E-state index contributed by atoms with van der Waals surface area (Å²) in [5.41, 5.74) is 2.37. The highest BCUT2D eigenvalue weighted by atomic mass is 16.3. The van der Waals surface area contributed by atoms with Crippen LogP contribution in [0.5, 0.6) is 0 Å². The molecule has 0 amide bonds. The van der Waals surface area contributed by atoms with Gasteiger partial charge in [0.05, 0.1) is 6.10 Å². The Hall–Kier alpha value is -1.02. The van der Waals surface area contributed by atoms with Gasteiger partial charge in [-0.2, -0.15) is 0 Å². The Balaban J connectivity index is 1.77. The quantitative estimate of drug-likeness (QED) is 0.841. The number of nitrogens with zero attached hydrogens (tertiary/aromatic N) is 1. The molecule has 0 saturated heterocycles. The van der Waals surface area contributed by atoms with Crippen LogP contribution in [0.15, 0.2) is 24.3 Å². The Labute approximate surface area is 96.9 Å². The van der Waals surface area contributed by atoms with Crippen molar-refractivity contribution in [3.8, 4) is 0 Å². The largest absolute Gasteiger partial charge is 0.388 e. The van der Waals surface area contributed by atoms with Crippen LogP contribution < -0.4 is 4.90 Å². The summed E-state index contributed by atoms with van der Waals surface area (Å²) in [6.07, 6.45) is 4.80. The minimum Gasteiger partial charge on any atom is -0.388 e. The zero-order chi connectivity index (χ0) is 11.0. The van der Waals surface area contributed by atoms with E-state index in [2.05, 4.69) is 23.1 Å². The molecule has 1 saturated carbocycles. The zero-order valence-electron chi connectivity index (χ0n) is 9.60. The number of hydrogen-bond donors (Lipinski definition) is 1. The summed E-state index contributed by atoms with van der Waals surface area (Å²) in [6, 6.07) is 8.29. The van der Waals surface area contributed by atoms with E-state index < -0.39 is 0 Å². The lowest BCUT2D eigenvalue weighted by atomic mass is 9.98. The molecule has 0 spiro atoms. The highest BCUT2D eigenvalue weighted by Crippen LogP contribution is 2.36. The summed E-state index contributed by atoms with van der Waals surface area (Å²) in [4.78, 5) is 2.44. The van der Waals surface area contributed by atoms with E-state index in [1.807, 2.05) is 6.07 Å². The van der Waals surface area contributed by atoms with Crippen molar-refractivity contribution in [2.45, 2.75) is 31.8 Å². The van der Waals surface area contributed by atoms with Gasteiger partial charge < -0.3 is 10.0 Å². The molecule has 0 aromatic heterocycles. The van der Waals surface area contributed by atoms with Gasteiger partial charge in [0.1, 0.15) is 0 Å². The van der Waals surface area contributed by atoms with Crippen molar-refractivity contribution >= 4 is 5.69 Å². The molecule has 2 nitrogen and oxygen atoms in total. The zero-order valence-corrected chi connectivity index (χ0v) is 9.60. The Morgan fingerprint density at radius 1 is 1.19 bits per heavy atom. The number of aliphatic hydroxyl groups is 1. The summed E-state index contributed by atoms with van der Waals surface area (Å²) >= 11 is 0. The van der Waals surface area contributed by atoms with Crippen LogP contribution in [0, 0.1) is 5.92 Å². The van der Waals surface area contributed by atoms with Crippen LogP contribution in [0.1, 0.15) is 37.4 Å². The van der Waals surface area contributed by atoms with E-state index in [1.54, 1.807) is 0 Å². The Bertz CT molecular complexity index is 373. The molecule has 0 radical (unpaired) electrons. The smallest absolute Gasteiger partial charge is 0.0826 e. The van der Waals surface area contributed by atoms with Crippen molar-refractivity contribution in [1.29, 1.82) is 0 Å². The lowest BCUT2D eigenvalue weighted by Gasteiger charge is -2.33. The number of anilines is 1. The van der Waals surface area contributed by atoms with Gasteiger partial charge in [0.15, 0.2) is 0 Å². The van der Waals surface area contributed by atoms with E-state index in [9.17, 15) is 5.11 Å². The van der Waals surface area contributed by atoms with Crippen LogP contribution in [0.4, 0.5) is 5.69 Å². The summed E-state index contributed by atoms with van der Waals surface area (Å²) in [7, 11) is 0. The lowest BCUT2D eigenvalue weighted by molar-refractivity contribution is 0.164. The molecule has 1 aliphatic carbocycles. The van der Waals surface area contributed by atoms with Crippen LogP contribution >= 0.6 is 0 Å². The first-order chi connectivity index (χ1) is 7.84. The molecule has 1 unspecified atom stereocenters. The third kappa shape index (κ3) is 1.94. The summed E-state index contributed by atoms with van der Waals surface area (Å²) in [6.45, 7) is 2.17. The number of fused-ring (bicyclic) bond motifs is 1. The first-order valence-electron chi connectivity index (χ1n) is 6.36. The molecule has 1 aromatic rings. The van der Waals surface area contributed by atoms with Crippen LogP contribution in [0.25, 0.3) is 0 Å². The monoisotopic (exact) mass is 217 g/mol. The van der Waals surface area contributed by atoms with Gasteiger partial charge in [-0.05, 0) is 24.8 Å². The molecule has 2 aliphatic rings. The SMILES string of the molecule is OC1CCN(CCC2CC2)c2ccccc21. The van der Waals surface area contributed by atoms with E-state index in [4.69, 9.17) is 0 Å². The molecule has 1 aromatic carbocycles. The van der Waals surface area contributed by atoms with Crippen LogP contribution in [0.3, 0.4) is 0 Å². The molecule has 1 N–H and O–H groups in total. The molecule has 16 heavy (non-hydrogen) atoms. The highest BCUT2D eigenvalue weighted by molar-refractivity contribution is 5.56. The van der Waals surface area contributed by atoms with E-state index in [0.29, 0.717) is 0 Å². The van der Waals surface area contributed by atoms with Crippen molar-refractivity contribution in [3.05, 3.63) is 29.8 Å². The molecule has 1 fully saturated rings. The number of para-hydroxylation sites is 1. The topological polar surface area (TPSA) is 23.5 Å². The van der Waals surface area contributed by atoms with Crippen LogP contribution in [-0.2, 0) is 0 Å². The number of aliphatic hydroxyl groups excluding tert-OH is 1. The number of benzene rings is 1. The fourth-order valence-electron chi connectivity index (χ4n) is 2.59. The summed E-state index contributed by atoms with van der Waals surface area (Å²) in [5, 5.41) is 9.94. The fourth-order valence-corrected chi connectivity index (χ4v) is 2.59. The van der Waals surface area contributed by atoms with Crippen molar-refractivity contribution < 1.29 is 5.11 Å². The van der Waals surface area contributed by atoms with Crippen LogP contribution in [-0.4, -0.2) is 18.2 Å². The number of hydrogen-bond acceptors (Lipinski definition) is 2. The van der Waals surface area contributed by atoms with Crippen molar-refractivity contribution in [1.82, 2.24) is 0 Å². The molecule has 3 rings (SSSR count). The summed E-state index contributed by atoms with van der Waals surface area (Å²) in [5.74, 6) is 0.985. The van der Waals surface area contributed by atoms with Crippen molar-refractivity contribution in [2.75, 3.05) is 18.0 Å². The molecular weight excluding hydrogens is 198 g/mol. The average molecular weight is 217 g/mol. The molecule has 1 aliphatic heterocycles. The minimum atomic E-state index is -0.256. The average Bonchev–Trinajstić information content (AvgIpc) is 3.13. The van der Waals surface area contributed by atoms with Crippen molar-refractivity contribution in [3.63, 3.8) is 0 Å². The van der Waals surface area contributed by atoms with Gasteiger partial charge in [-0.25, -0.2) is 0 Å². The maximum atomic E-state index is 9.94. The van der Waals surface area contributed by atoms with Gasteiger partial charge in [0.25, 0.3) is 0 Å². The predicted molar refractivity (Wildman–Crippen MR) is 65.6 cm³/mol. The van der Waals surface area contributed by atoms with Gasteiger partial charge in [0, 0.05) is 24.3 Å². The number of rotatable bonds is 3. The minimum absolute atomic E-state index is 0.256. The first kappa shape index (κ1) is 10.2. The van der Waals surface area contributed by atoms with E-state index >= 15 is 0 Å². The Morgan fingerprint density at radius 3 is 2.81 bits per heavy atom. The second-order valence-electron chi connectivity index (χ2n) is 5.08. The third-order valence-corrected chi connectivity index (χ3v) is 3.81. The molecular formula is C14H19NO. The van der Waals surface area contributed by atoms with Gasteiger partial charge >= 0.3 is 0 Å². The molecule has 86 valence electrons. The molecule has 2 heteroatoms. The van der Waals surface area contributed by atoms with Crippen molar-refractivity contribution in [2.24, 2.45) is 5.92 Å². The maximum absolute atomic E-state index is 9.94. The van der Waals surface area contributed by atoms with E-state index in [-0.39, 0.29) is 6.10 Å². The van der Waals surface area contributed by atoms with Gasteiger partial charge in [-0.1, -0.05) is 31.0 Å². The van der Waals surface area contributed by atoms with Crippen LogP contribution in [0.2, 0.25) is 0 Å². The molecule has 1 heterocycles. The second kappa shape index (κ2) is 4.10. The standard InChI is InChI=1S/C14H19NO/c16-14-8-10-15(9-7-11-5-6-11)13-4-2-1-3-12(13)14/h1-4,11,14,16H,5-10H2. The highest BCUT2D eigenvalue weighted by Gasteiger charge is 2.26. The summed E-state index contributed by atoms with van der Waals surface area (Å²) < 4.78 is 0. The third-order valence-electron chi connectivity index (χ3n) is 3.81. The fraction of sp³-hybridized carbons (Fsp3) is 0.571. The predicted octanol–water partition coefficient (Wildman–Crippen LogP) is 2.73. The van der Waals surface area contributed by atoms with E-state index in [1.165, 1.54) is 24.9 Å². The normalized spacial score (nSPS) is 24.3. The Morgan fingerprint density at radius 2 is 2.00 bits per heavy atom. The van der Waals surface area contributed by atoms with Gasteiger partial charge in [0.2, 0.25) is 0 Å². The van der Waals surface area contributed by atoms with Gasteiger partial charge in [-0.3, -0.25) is 0 Å². The lowest BCUT2D eigenvalue weighted by Crippen LogP contribution is -2.32. The molecule has 1 atom stereocenters. The molecule has 0 bridgehead atoms. The van der Waals surface area contributed by atoms with Gasteiger partial charge in [-0.15, -0.1) is 0 Å². The second-order valence-corrected chi connectivity index (χ2v) is 5.08. The first-order valence-corrected chi connectivity index (χ1v) is 6.36. The Kier molecular flexibility index (Phi) is 2.60. The maximum Gasteiger partial charge on any atom is 0.0826 e.